The summed E-state index contributed by atoms with van der Waals surface area (Å²) < 4.78 is 0.521. The second kappa shape index (κ2) is 10.9. The molecule has 1 aromatic carbocycles. The number of hydrazine groups is 1. The first-order valence-electron chi connectivity index (χ1n) is 7.53. The van der Waals surface area contributed by atoms with E-state index >= 15 is 0 Å². The van der Waals surface area contributed by atoms with E-state index in [0.717, 1.165) is 31.5 Å². The number of hydrogen-bond acceptors (Lipinski definition) is 5. The number of nitrogens with two attached hydrogens (primary N) is 1. The van der Waals surface area contributed by atoms with Gasteiger partial charge in [-0.1, -0.05) is 0 Å². The van der Waals surface area contributed by atoms with Crippen LogP contribution in [0.3, 0.4) is 0 Å². The average molecular weight is 384 g/mol. The van der Waals surface area contributed by atoms with Crippen molar-refractivity contribution in [2.45, 2.75) is 24.0 Å². The maximum atomic E-state index is 10.1. The fourth-order valence-electron chi connectivity index (χ4n) is 2.12. The van der Waals surface area contributed by atoms with Crippen LogP contribution in [0.25, 0.3) is 0 Å². The molecule has 0 amide bonds. The number of guanidine groups is 1. The quantitative estimate of drug-likeness (QED) is 0.0972. The molecule has 1 aromatic rings. The molecule has 1 unspecified atom stereocenters. The Morgan fingerprint density at radius 3 is 2.87 bits per heavy atom. The molecule has 0 aliphatic rings. The zero-order chi connectivity index (χ0) is 17.1. The van der Waals surface area contributed by atoms with Crippen LogP contribution in [-0.2, 0) is 6.42 Å². The van der Waals surface area contributed by atoms with Gasteiger partial charge in [0.1, 0.15) is 0 Å². The average Bonchev–Trinajstić information content (AvgIpc) is 2.50. The normalized spacial score (nSPS) is 11.6. The Morgan fingerprint density at radius 1 is 1.43 bits per heavy atom. The van der Waals surface area contributed by atoms with Crippen molar-refractivity contribution in [3.8, 4) is 0 Å². The Bertz CT molecular complexity index is 514. The van der Waals surface area contributed by atoms with E-state index in [0.29, 0.717) is 17.8 Å². The molecule has 23 heavy (non-hydrogen) atoms. The van der Waals surface area contributed by atoms with Gasteiger partial charge in [0.25, 0.3) is 0 Å². The molecular weight excluding hydrogens is 359 g/mol. The third kappa shape index (κ3) is 8.42. The van der Waals surface area contributed by atoms with E-state index in [1.165, 1.54) is 5.56 Å². The first kappa shape index (κ1) is 19.3. The number of nitrogens with zero attached hydrogens (tertiary/aromatic N) is 1. The van der Waals surface area contributed by atoms with Crippen LogP contribution in [0.1, 0.15) is 18.4 Å². The second-order valence-corrected chi connectivity index (χ2v) is 7.13. The van der Waals surface area contributed by atoms with Gasteiger partial charge < -0.3 is 0 Å². The molecule has 0 aromatic heterocycles. The molecule has 2 atom stereocenters. The fourth-order valence-corrected chi connectivity index (χ4v) is 2.86. The van der Waals surface area contributed by atoms with Crippen LogP contribution in [0.4, 0.5) is 5.69 Å². The number of hydrogen-bond donors (Lipinski definition) is 5. The summed E-state index contributed by atoms with van der Waals surface area (Å²) in [4.78, 5) is 10.1. The van der Waals surface area contributed by atoms with Gasteiger partial charge in [0.15, 0.2) is 0 Å². The Balaban J connectivity index is 2.23. The van der Waals surface area contributed by atoms with Crippen molar-refractivity contribution in [1.82, 2.24) is 10.7 Å². The van der Waals surface area contributed by atoms with Crippen molar-refractivity contribution in [2.75, 3.05) is 25.0 Å². The maximum absolute atomic E-state index is 10.1. The minimum absolute atomic E-state index is 0.276. The summed E-state index contributed by atoms with van der Waals surface area (Å²) in [7, 11) is 0. The summed E-state index contributed by atoms with van der Waals surface area (Å²) >= 11 is 1.66. The van der Waals surface area contributed by atoms with E-state index in [2.05, 4.69) is 22.8 Å². The molecule has 0 saturated heterocycles. The van der Waals surface area contributed by atoms with E-state index in [9.17, 15) is 10.1 Å². The number of benzene rings is 1. The number of para-hydroxylation sites is 1. The molecule has 0 spiro atoms. The summed E-state index contributed by atoms with van der Waals surface area (Å²) in [5.41, 5.74) is 9.76. The second-order valence-electron chi connectivity index (χ2n) is 5.15. The molecule has 0 fully saturated rings. The molecule has 0 bridgehead atoms. The Kier molecular flexibility index (Phi) is 9.09. The van der Waals surface area contributed by atoms with Crippen molar-refractivity contribution in [1.29, 1.82) is 5.41 Å². The van der Waals surface area contributed by atoms with Gasteiger partial charge >= 0.3 is 144 Å². The van der Waals surface area contributed by atoms with Crippen LogP contribution in [0.5, 0.6) is 0 Å². The van der Waals surface area contributed by atoms with Gasteiger partial charge in [0, 0.05) is 0 Å². The molecule has 0 saturated carbocycles. The minimum atomic E-state index is -0.746. The van der Waals surface area contributed by atoms with E-state index in [1.807, 2.05) is 12.1 Å². The summed E-state index contributed by atoms with van der Waals surface area (Å²) in [5, 5.41) is 22.8. The topological polar surface area (TPSA) is 129 Å². The zero-order valence-electron chi connectivity index (χ0n) is 13.0. The third-order valence-electron chi connectivity index (χ3n) is 3.24. The van der Waals surface area contributed by atoms with Gasteiger partial charge in [-0.25, -0.2) is 0 Å². The molecule has 6 N–H and O–H groups in total. The standard InChI is InChI=1S/C14H25AsN6O2/c15-12(5-3-9-18-14(17)20-21(22)23)10-19-13-6-2-1-4-11(13)7-8-16/h1-2,4,6,12,19H,3,5,7-10,15-16H2,(H3,17,18,20)/t12-/m0/s1. The van der Waals surface area contributed by atoms with Crippen molar-refractivity contribution < 1.29 is 5.03 Å². The first-order valence-corrected chi connectivity index (χ1v) is 8.93. The van der Waals surface area contributed by atoms with Gasteiger partial charge in [0.2, 0.25) is 0 Å². The predicted molar refractivity (Wildman–Crippen MR) is 95.1 cm³/mol. The molecule has 128 valence electrons. The molecule has 1 rings (SSSR count). The molecule has 0 aliphatic carbocycles. The fraction of sp³-hybridized carbons (Fsp3) is 0.500. The molecule has 0 heterocycles. The zero-order valence-corrected chi connectivity index (χ0v) is 15.5. The molecule has 9 heteroatoms. The summed E-state index contributed by atoms with van der Waals surface area (Å²) in [6.45, 7) is 2.06. The molecule has 0 aliphatic heterocycles. The van der Waals surface area contributed by atoms with E-state index in [1.54, 1.807) is 22.3 Å². The number of anilines is 1. The summed E-state index contributed by atoms with van der Waals surface area (Å²) in [6.07, 6.45) is 2.71. The monoisotopic (exact) mass is 384 g/mol. The third-order valence-corrected chi connectivity index (χ3v) is 4.44. The van der Waals surface area contributed by atoms with Gasteiger partial charge in [0.05, 0.1) is 0 Å². The van der Waals surface area contributed by atoms with Crippen LogP contribution in [0, 0.1) is 15.5 Å². The molecule has 8 nitrogen and oxygen atoms in total. The van der Waals surface area contributed by atoms with E-state index < -0.39 is 5.03 Å². The van der Waals surface area contributed by atoms with Gasteiger partial charge in [-0.05, 0) is 0 Å². The van der Waals surface area contributed by atoms with Crippen molar-refractivity contribution in [3.63, 3.8) is 0 Å². The van der Waals surface area contributed by atoms with Crippen molar-refractivity contribution in [3.05, 3.63) is 39.9 Å². The number of nitrogens with one attached hydrogen (secondary N) is 4. The van der Waals surface area contributed by atoms with Gasteiger partial charge in [-0.3, -0.25) is 0 Å². The van der Waals surface area contributed by atoms with Crippen LogP contribution in [0.15, 0.2) is 24.3 Å². The van der Waals surface area contributed by atoms with E-state index in [4.69, 9.17) is 11.1 Å². The van der Waals surface area contributed by atoms with Crippen LogP contribution < -0.4 is 21.8 Å². The summed E-state index contributed by atoms with van der Waals surface area (Å²) in [6, 6.07) is 8.18. The van der Waals surface area contributed by atoms with Crippen LogP contribution >= 0.6 is 0 Å². The van der Waals surface area contributed by atoms with Gasteiger partial charge in [-0.15, -0.1) is 0 Å². The first-order chi connectivity index (χ1) is 11.0. The van der Waals surface area contributed by atoms with Crippen molar-refractivity contribution >= 4 is 28.5 Å². The Labute approximate surface area is 144 Å². The van der Waals surface area contributed by atoms with Gasteiger partial charge in [-0.2, -0.15) is 0 Å². The number of rotatable bonds is 10. The Hall–Kier alpha value is -1.79. The predicted octanol–water partition coefficient (Wildman–Crippen LogP) is 0.107. The molecule has 0 radical (unpaired) electrons. The van der Waals surface area contributed by atoms with Crippen LogP contribution in [0.2, 0.25) is 4.71 Å². The SMILES string of the molecule is N=C(NCCC[C@H]([AsH2])CNc1ccccc1CCN)N[N+](=O)[O-]. The molecular formula is C14H25AsN6O2. The van der Waals surface area contributed by atoms with Crippen LogP contribution in [-0.4, -0.2) is 47.5 Å². The Morgan fingerprint density at radius 2 is 2.17 bits per heavy atom. The van der Waals surface area contributed by atoms with Crippen molar-refractivity contribution in [2.24, 2.45) is 5.73 Å². The summed E-state index contributed by atoms with van der Waals surface area (Å²) in [5.74, 6) is -0.276. The van der Waals surface area contributed by atoms with E-state index in [-0.39, 0.29) is 5.96 Å². The number of nitro groups is 1.